The number of carbonyl (C=O) groups excluding carboxylic acids is 1. The fourth-order valence-corrected chi connectivity index (χ4v) is 2.77. The average Bonchev–Trinajstić information content (AvgIpc) is 3.25. The van der Waals surface area contributed by atoms with Crippen molar-refractivity contribution in [1.82, 2.24) is 5.43 Å². The summed E-state index contributed by atoms with van der Waals surface area (Å²) in [6, 6.07) is 8.25. The maximum Gasteiger partial charge on any atom is 0.416 e. The predicted octanol–water partition coefficient (Wildman–Crippen LogP) is 3.59. The van der Waals surface area contributed by atoms with Crippen molar-refractivity contribution < 1.29 is 22.4 Å². The number of rotatable bonds is 5. The number of nitrogens with one attached hydrogen (secondary N) is 1. The number of alkyl halides is 3. The summed E-state index contributed by atoms with van der Waals surface area (Å²) in [6.45, 7) is 1.91. The molecule has 1 fully saturated rings. The summed E-state index contributed by atoms with van der Waals surface area (Å²) < 4.78 is 43.6. The molecule has 1 aromatic heterocycles. The van der Waals surface area contributed by atoms with Crippen molar-refractivity contribution in [2.24, 2.45) is 5.10 Å². The number of hydrogen-bond donors (Lipinski definition) is 1. The fraction of sp³-hybridized carbons (Fsp3) is 0.333. The van der Waals surface area contributed by atoms with Crippen molar-refractivity contribution in [3.05, 3.63) is 53.3 Å². The molecular weight excluding hydrogens is 347 g/mol. The van der Waals surface area contributed by atoms with Crippen LogP contribution in [0.2, 0.25) is 0 Å². The maximum absolute atomic E-state index is 12.7. The number of halogens is 3. The minimum atomic E-state index is -4.43. The van der Waals surface area contributed by atoms with Gasteiger partial charge in [0, 0.05) is 19.2 Å². The second kappa shape index (κ2) is 7.63. The largest absolute Gasteiger partial charge is 0.440 e. The summed E-state index contributed by atoms with van der Waals surface area (Å²) in [6.07, 6.45) is -0.996. The highest BCUT2D eigenvalue weighted by Crippen LogP contribution is 2.29. The van der Waals surface area contributed by atoms with E-state index < -0.39 is 17.6 Å². The number of amides is 1. The number of hydrogen-bond acceptors (Lipinski definition) is 4. The van der Waals surface area contributed by atoms with Gasteiger partial charge in [-0.3, -0.25) is 4.79 Å². The van der Waals surface area contributed by atoms with Crippen LogP contribution in [0.4, 0.5) is 19.1 Å². The van der Waals surface area contributed by atoms with E-state index in [0.717, 1.165) is 43.9 Å². The minimum absolute atomic E-state index is 0.196. The molecule has 8 heteroatoms. The Morgan fingerprint density at radius 1 is 1.23 bits per heavy atom. The van der Waals surface area contributed by atoms with Gasteiger partial charge in [0.1, 0.15) is 5.76 Å². The van der Waals surface area contributed by atoms with Crippen molar-refractivity contribution >= 4 is 18.0 Å². The summed E-state index contributed by atoms with van der Waals surface area (Å²) in [7, 11) is 0. The van der Waals surface area contributed by atoms with Gasteiger partial charge in [-0.1, -0.05) is 18.2 Å². The monoisotopic (exact) mass is 365 g/mol. The highest BCUT2D eigenvalue weighted by atomic mass is 19.4. The molecule has 2 heterocycles. The third-order valence-corrected chi connectivity index (χ3v) is 4.03. The van der Waals surface area contributed by atoms with E-state index in [1.165, 1.54) is 18.3 Å². The quantitative estimate of drug-likeness (QED) is 0.651. The molecule has 0 atom stereocenters. The zero-order valence-electron chi connectivity index (χ0n) is 13.9. The van der Waals surface area contributed by atoms with Crippen LogP contribution in [0, 0.1) is 0 Å². The molecule has 1 saturated heterocycles. The molecule has 3 rings (SSSR count). The first-order chi connectivity index (χ1) is 12.4. The third kappa shape index (κ3) is 4.65. The normalized spacial score (nSPS) is 15.0. The lowest BCUT2D eigenvalue weighted by atomic mass is 10.1. The van der Waals surface area contributed by atoms with Crippen LogP contribution in [0.5, 0.6) is 0 Å². The molecule has 0 radical (unpaired) electrons. The van der Waals surface area contributed by atoms with Crippen LogP contribution in [-0.2, 0) is 17.4 Å². The highest BCUT2D eigenvalue weighted by Gasteiger charge is 2.30. The number of nitrogens with zero attached hydrogens (tertiary/aromatic N) is 2. The number of furan rings is 1. The molecule has 1 aromatic carbocycles. The second-order valence-electron chi connectivity index (χ2n) is 6.04. The standard InChI is InChI=1S/C18H18F3N3O2/c19-18(20,21)14-5-3-4-13(10-14)11-16(25)23-22-12-15-6-7-17(26-15)24-8-1-2-9-24/h3-7,10,12H,1-2,8-9,11H2,(H,23,25)/b22-12+. The lowest BCUT2D eigenvalue weighted by Crippen LogP contribution is -2.20. The predicted molar refractivity (Wildman–Crippen MR) is 91.0 cm³/mol. The number of carbonyl (C=O) groups is 1. The molecule has 0 saturated carbocycles. The van der Waals surface area contributed by atoms with Gasteiger partial charge in [0.05, 0.1) is 18.2 Å². The van der Waals surface area contributed by atoms with Gasteiger partial charge in [0.2, 0.25) is 5.91 Å². The van der Waals surface area contributed by atoms with Crippen LogP contribution >= 0.6 is 0 Å². The SMILES string of the molecule is O=C(Cc1cccc(C(F)(F)F)c1)N/N=C/c1ccc(N2CCCC2)o1. The third-order valence-electron chi connectivity index (χ3n) is 4.03. The van der Waals surface area contributed by atoms with Gasteiger partial charge < -0.3 is 9.32 Å². The first kappa shape index (κ1) is 18.0. The summed E-state index contributed by atoms with van der Waals surface area (Å²) in [5.74, 6) is 0.748. The molecule has 1 amide bonds. The molecule has 5 nitrogen and oxygen atoms in total. The molecule has 0 bridgehead atoms. The van der Waals surface area contributed by atoms with Gasteiger partial charge >= 0.3 is 6.18 Å². The lowest BCUT2D eigenvalue weighted by Gasteiger charge is -2.12. The van der Waals surface area contributed by atoms with Crippen LogP contribution in [0.3, 0.4) is 0 Å². The molecule has 138 valence electrons. The maximum atomic E-state index is 12.7. The van der Waals surface area contributed by atoms with Crippen LogP contribution in [0.15, 0.2) is 45.9 Å². The van der Waals surface area contributed by atoms with Crippen molar-refractivity contribution in [2.75, 3.05) is 18.0 Å². The fourth-order valence-electron chi connectivity index (χ4n) is 2.77. The van der Waals surface area contributed by atoms with Gasteiger partial charge in [-0.05, 0) is 30.5 Å². The van der Waals surface area contributed by atoms with Crippen LogP contribution in [0.25, 0.3) is 0 Å². The summed E-state index contributed by atoms with van der Waals surface area (Å²) in [5.41, 5.74) is 1.78. The Kier molecular flexibility index (Phi) is 5.29. The lowest BCUT2D eigenvalue weighted by molar-refractivity contribution is -0.137. The van der Waals surface area contributed by atoms with Gasteiger partial charge in [-0.2, -0.15) is 18.3 Å². The van der Waals surface area contributed by atoms with Gasteiger partial charge in [0.25, 0.3) is 0 Å². The first-order valence-corrected chi connectivity index (χ1v) is 8.25. The van der Waals surface area contributed by atoms with Gasteiger partial charge in [-0.25, -0.2) is 5.43 Å². The van der Waals surface area contributed by atoms with Crippen molar-refractivity contribution in [1.29, 1.82) is 0 Å². The summed E-state index contributed by atoms with van der Waals surface area (Å²) in [5, 5.41) is 3.79. The molecule has 0 unspecified atom stereocenters. The van der Waals surface area contributed by atoms with Crippen LogP contribution in [-0.4, -0.2) is 25.2 Å². The first-order valence-electron chi connectivity index (χ1n) is 8.25. The molecule has 0 aliphatic carbocycles. The molecule has 1 aliphatic heterocycles. The van der Waals surface area contributed by atoms with Crippen LogP contribution < -0.4 is 10.3 Å². The molecule has 1 aliphatic rings. The van der Waals surface area contributed by atoms with E-state index in [1.807, 2.05) is 6.07 Å². The Hall–Kier alpha value is -2.77. The Balaban J connectivity index is 1.53. The Morgan fingerprint density at radius 3 is 2.73 bits per heavy atom. The van der Waals surface area contributed by atoms with Gasteiger partial charge in [-0.15, -0.1) is 0 Å². The van der Waals surface area contributed by atoms with Gasteiger partial charge in [0.15, 0.2) is 5.88 Å². The van der Waals surface area contributed by atoms with Crippen molar-refractivity contribution in [3.63, 3.8) is 0 Å². The zero-order chi connectivity index (χ0) is 18.6. The van der Waals surface area contributed by atoms with Crippen molar-refractivity contribution in [3.8, 4) is 0 Å². The molecule has 26 heavy (non-hydrogen) atoms. The van der Waals surface area contributed by atoms with E-state index in [9.17, 15) is 18.0 Å². The summed E-state index contributed by atoms with van der Waals surface area (Å²) >= 11 is 0. The second-order valence-corrected chi connectivity index (χ2v) is 6.04. The number of hydrazone groups is 1. The van der Waals surface area contributed by atoms with E-state index in [-0.39, 0.29) is 12.0 Å². The van der Waals surface area contributed by atoms with E-state index in [2.05, 4.69) is 15.4 Å². The Bertz CT molecular complexity index is 793. The topological polar surface area (TPSA) is 57.8 Å². The molecule has 2 aromatic rings. The molecular formula is C18H18F3N3O2. The van der Waals surface area contributed by atoms with Crippen LogP contribution in [0.1, 0.15) is 29.7 Å². The average molecular weight is 365 g/mol. The zero-order valence-corrected chi connectivity index (χ0v) is 13.9. The number of benzene rings is 1. The van der Waals surface area contributed by atoms with E-state index >= 15 is 0 Å². The molecule has 1 N–H and O–H groups in total. The van der Waals surface area contributed by atoms with E-state index in [1.54, 1.807) is 6.07 Å². The van der Waals surface area contributed by atoms with Crippen molar-refractivity contribution in [2.45, 2.75) is 25.4 Å². The van der Waals surface area contributed by atoms with E-state index in [4.69, 9.17) is 4.42 Å². The Labute approximate surface area is 148 Å². The van der Waals surface area contributed by atoms with E-state index in [0.29, 0.717) is 5.76 Å². The molecule has 0 spiro atoms. The Morgan fingerprint density at radius 2 is 2.00 bits per heavy atom. The minimum Gasteiger partial charge on any atom is -0.440 e. The number of anilines is 1. The highest BCUT2D eigenvalue weighted by molar-refractivity contribution is 5.82. The smallest absolute Gasteiger partial charge is 0.416 e. The summed E-state index contributed by atoms with van der Waals surface area (Å²) in [4.78, 5) is 14.0.